The molecule has 120 valence electrons. The molecule has 1 atom stereocenters. The molecule has 6 heteroatoms. The summed E-state index contributed by atoms with van der Waals surface area (Å²) < 4.78 is 5.19. The highest BCUT2D eigenvalue weighted by atomic mass is 32.1. The largest absolute Gasteiger partial charge is 0.354 e. The molecule has 5 nitrogen and oxygen atoms in total. The molecule has 0 bridgehead atoms. The van der Waals surface area contributed by atoms with Crippen molar-refractivity contribution in [2.75, 3.05) is 0 Å². The van der Waals surface area contributed by atoms with Crippen LogP contribution in [-0.4, -0.2) is 22.1 Å². The second-order valence-corrected chi connectivity index (χ2v) is 6.27. The van der Waals surface area contributed by atoms with Crippen molar-refractivity contribution < 1.29 is 9.32 Å². The molecule has 2 rings (SSSR count). The lowest BCUT2D eigenvalue weighted by Gasteiger charge is -2.12. The average Bonchev–Trinajstić information content (AvgIpc) is 3.16. The van der Waals surface area contributed by atoms with Crippen LogP contribution in [0.1, 0.15) is 51.8 Å². The molecular weight excluding hydrogens is 298 g/mol. The van der Waals surface area contributed by atoms with Crippen LogP contribution in [-0.2, 0) is 11.2 Å². The normalized spacial score (nSPS) is 12.3. The average molecular weight is 321 g/mol. The van der Waals surface area contributed by atoms with Gasteiger partial charge in [-0.1, -0.05) is 31.3 Å². The van der Waals surface area contributed by atoms with Crippen molar-refractivity contribution in [3.63, 3.8) is 0 Å². The van der Waals surface area contributed by atoms with Gasteiger partial charge in [-0.15, -0.1) is 0 Å². The summed E-state index contributed by atoms with van der Waals surface area (Å²) in [5.74, 6) is 1.14. The van der Waals surface area contributed by atoms with E-state index in [1.165, 1.54) is 12.8 Å². The minimum absolute atomic E-state index is 0.0410. The quantitative estimate of drug-likeness (QED) is 0.713. The maximum atomic E-state index is 11.9. The molecule has 0 aromatic carbocycles. The second-order valence-electron chi connectivity index (χ2n) is 5.49. The number of hydrogen-bond donors (Lipinski definition) is 1. The summed E-state index contributed by atoms with van der Waals surface area (Å²) >= 11 is 1.59. The van der Waals surface area contributed by atoms with E-state index in [0.717, 1.165) is 18.4 Å². The van der Waals surface area contributed by atoms with Crippen LogP contribution in [0.5, 0.6) is 0 Å². The maximum absolute atomic E-state index is 11.9. The van der Waals surface area contributed by atoms with E-state index in [2.05, 4.69) is 29.3 Å². The summed E-state index contributed by atoms with van der Waals surface area (Å²) in [6, 6.07) is 2.17. The van der Waals surface area contributed by atoms with Gasteiger partial charge in [-0.2, -0.15) is 16.3 Å². The number of carbonyl (C=O) groups excluding carboxylic acids is 1. The molecule has 2 aromatic rings. The van der Waals surface area contributed by atoms with E-state index in [9.17, 15) is 4.79 Å². The Labute approximate surface area is 135 Å². The number of aromatic nitrogens is 2. The number of carbonyl (C=O) groups is 1. The van der Waals surface area contributed by atoms with Gasteiger partial charge in [-0.05, 0) is 24.8 Å². The summed E-state index contributed by atoms with van der Waals surface area (Å²) in [5.41, 5.74) is 0.953. The van der Waals surface area contributed by atoms with Gasteiger partial charge < -0.3 is 9.84 Å². The van der Waals surface area contributed by atoms with Gasteiger partial charge in [-0.3, -0.25) is 4.79 Å². The fourth-order valence-corrected chi connectivity index (χ4v) is 2.84. The van der Waals surface area contributed by atoms with Gasteiger partial charge in [0.2, 0.25) is 17.6 Å². The lowest BCUT2D eigenvalue weighted by atomic mass is 10.1. The van der Waals surface area contributed by atoms with E-state index < -0.39 is 0 Å². The molecule has 1 amide bonds. The third kappa shape index (κ3) is 5.26. The zero-order valence-electron chi connectivity index (χ0n) is 13.2. The van der Waals surface area contributed by atoms with Crippen LogP contribution in [0.25, 0.3) is 11.4 Å². The molecule has 2 aromatic heterocycles. The molecule has 0 aliphatic carbocycles. The van der Waals surface area contributed by atoms with Crippen LogP contribution in [0.15, 0.2) is 21.3 Å². The van der Waals surface area contributed by atoms with Crippen molar-refractivity contribution in [1.82, 2.24) is 15.5 Å². The summed E-state index contributed by atoms with van der Waals surface area (Å²) in [6.45, 7) is 4.23. The summed E-state index contributed by atoms with van der Waals surface area (Å²) in [6.07, 6.45) is 5.46. The van der Waals surface area contributed by atoms with E-state index >= 15 is 0 Å². The van der Waals surface area contributed by atoms with Crippen molar-refractivity contribution >= 4 is 17.2 Å². The lowest BCUT2D eigenvalue weighted by Crippen LogP contribution is -2.32. The van der Waals surface area contributed by atoms with Crippen molar-refractivity contribution in [3.05, 3.63) is 22.7 Å². The molecule has 2 heterocycles. The number of hydrogen-bond acceptors (Lipinski definition) is 5. The van der Waals surface area contributed by atoms with Crippen molar-refractivity contribution in [2.24, 2.45) is 0 Å². The SMILES string of the molecule is CCCCCC(C)NC(=O)CCc1nc(-c2ccsc2)no1. The van der Waals surface area contributed by atoms with Crippen LogP contribution < -0.4 is 5.32 Å². The highest BCUT2D eigenvalue weighted by Gasteiger charge is 2.12. The van der Waals surface area contributed by atoms with Gasteiger partial charge in [0.05, 0.1) is 0 Å². The van der Waals surface area contributed by atoms with E-state index in [1.807, 2.05) is 16.8 Å². The minimum Gasteiger partial charge on any atom is -0.354 e. The maximum Gasteiger partial charge on any atom is 0.227 e. The number of nitrogens with one attached hydrogen (secondary N) is 1. The van der Waals surface area contributed by atoms with Gasteiger partial charge in [-0.25, -0.2) is 0 Å². The molecule has 0 spiro atoms. The van der Waals surface area contributed by atoms with Crippen molar-refractivity contribution in [2.45, 2.75) is 58.4 Å². The van der Waals surface area contributed by atoms with E-state index in [4.69, 9.17) is 4.52 Å². The first-order chi connectivity index (χ1) is 10.7. The number of rotatable bonds is 9. The van der Waals surface area contributed by atoms with Gasteiger partial charge in [0.15, 0.2) is 0 Å². The Morgan fingerprint density at radius 2 is 2.32 bits per heavy atom. The first kappa shape index (κ1) is 16.7. The van der Waals surface area contributed by atoms with Crippen molar-refractivity contribution in [1.29, 1.82) is 0 Å². The molecule has 1 N–H and O–H groups in total. The third-order valence-electron chi connectivity index (χ3n) is 3.46. The topological polar surface area (TPSA) is 68.0 Å². The van der Waals surface area contributed by atoms with Crippen LogP contribution in [0.2, 0.25) is 0 Å². The predicted octanol–water partition coefficient (Wildman–Crippen LogP) is 3.82. The van der Waals surface area contributed by atoms with Crippen molar-refractivity contribution in [3.8, 4) is 11.4 Å². The van der Waals surface area contributed by atoms with E-state index in [-0.39, 0.29) is 11.9 Å². The zero-order valence-corrected chi connectivity index (χ0v) is 14.0. The number of amides is 1. The lowest BCUT2D eigenvalue weighted by molar-refractivity contribution is -0.121. The Morgan fingerprint density at radius 1 is 1.45 bits per heavy atom. The summed E-state index contributed by atoms with van der Waals surface area (Å²) in [5, 5.41) is 10.9. The van der Waals surface area contributed by atoms with Gasteiger partial charge in [0, 0.05) is 29.8 Å². The summed E-state index contributed by atoms with van der Waals surface area (Å²) in [7, 11) is 0. The Balaban J connectivity index is 1.72. The highest BCUT2D eigenvalue weighted by molar-refractivity contribution is 7.08. The smallest absolute Gasteiger partial charge is 0.227 e. The minimum atomic E-state index is 0.0410. The molecule has 1 unspecified atom stereocenters. The van der Waals surface area contributed by atoms with Crippen LogP contribution in [0.3, 0.4) is 0 Å². The molecule has 0 radical (unpaired) electrons. The first-order valence-corrected chi connectivity index (χ1v) is 8.78. The molecule has 0 saturated carbocycles. The number of thiophene rings is 1. The Hall–Kier alpha value is -1.69. The first-order valence-electron chi connectivity index (χ1n) is 7.83. The van der Waals surface area contributed by atoms with Crippen LogP contribution in [0, 0.1) is 0 Å². The van der Waals surface area contributed by atoms with Gasteiger partial charge in [0.1, 0.15) is 0 Å². The molecular formula is C16H23N3O2S. The highest BCUT2D eigenvalue weighted by Crippen LogP contribution is 2.18. The standard InChI is InChI=1S/C16H23N3O2S/c1-3-4-5-6-12(2)17-14(20)7-8-15-18-16(19-21-15)13-9-10-22-11-13/h9-12H,3-8H2,1-2H3,(H,17,20). The fraction of sp³-hybridized carbons (Fsp3) is 0.562. The summed E-state index contributed by atoms with van der Waals surface area (Å²) in [4.78, 5) is 16.2. The second kappa shape index (κ2) is 8.68. The number of unbranched alkanes of at least 4 members (excludes halogenated alkanes) is 2. The van der Waals surface area contributed by atoms with Crippen LogP contribution >= 0.6 is 11.3 Å². The molecule has 0 aliphatic rings. The fourth-order valence-electron chi connectivity index (χ4n) is 2.21. The number of nitrogens with zero attached hydrogens (tertiary/aromatic N) is 2. The molecule has 0 aliphatic heterocycles. The zero-order chi connectivity index (χ0) is 15.8. The van der Waals surface area contributed by atoms with E-state index in [1.54, 1.807) is 11.3 Å². The van der Waals surface area contributed by atoms with E-state index in [0.29, 0.717) is 24.6 Å². The van der Waals surface area contributed by atoms with Crippen LogP contribution in [0.4, 0.5) is 0 Å². The van der Waals surface area contributed by atoms with Gasteiger partial charge in [0.25, 0.3) is 0 Å². The molecule has 0 fully saturated rings. The number of aryl methyl sites for hydroxylation is 1. The predicted molar refractivity (Wildman–Crippen MR) is 87.7 cm³/mol. The molecule has 22 heavy (non-hydrogen) atoms. The Bertz CT molecular complexity index is 566. The Kier molecular flexibility index (Phi) is 6.58. The Morgan fingerprint density at radius 3 is 3.05 bits per heavy atom. The monoisotopic (exact) mass is 321 g/mol. The molecule has 0 saturated heterocycles. The van der Waals surface area contributed by atoms with Gasteiger partial charge >= 0.3 is 0 Å². The third-order valence-corrected chi connectivity index (χ3v) is 4.14.